The van der Waals surface area contributed by atoms with Gasteiger partial charge in [0.1, 0.15) is 5.75 Å². The Morgan fingerprint density at radius 1 is 1.41 bits per heavy atom. The Morgan fingerprint density at radius 3 is 2.76 bits per heavy atom. The number of halogens is 1. The van der Waals surface area contributed by atoms with Crippen molar-refractivity contribution >= 4 is 11.6 Å². The van der Waals surface area contributed by atoms with E-state index in [9.17, 15) is 0 Å². The lowest BCUT2D eigenvalue weighted by Crippen LogP contribution is -2.10. The predicted octanol–water partition coefficient (Wildman–Crippen LogP) is 4.36. The molecule has 0 saturated heterocycles. The maximum Gasteiger partial charge on any atom is 0.123 e. The minimum atomic E-state index is -0.271. The van der Waals surface area contributed by atoms with Crippen LogP contribution in [0.4, 0.5) is 0 Å². The van der Waals surface area contributed by atoms with E-state index in [1.165, 1.54) is 0 Å². The van der Waals surface area contributed by atoms with E-state index in [-0.39, 0.29) is 5.41 Å². The fraction of sp³-hybridized carbons (Fsp3) is 0.500. The molecule has 0 radical (unpaired) electrons. The van der Waals surface area contributed by atoms with Gasteiger partial charge in [-0.1, -0.05) is 17.7 Å². The second-order valence-electron chi connectivity index (χ2n) is 4.86. The van der Waals surface area contributed by atoms with Gasteiger partial charge in [-0.05, 0) is 51.3 Å². The van der Waals surface area contributed by atoms with Crippen LogP contribution in [0.3, 0.4) is 0 Å². The largest absolute Gasteiger partial charge is 0.493 e. The zero-order chi connectivity index (χ0) is 12.9. The van der Waals surface area contributed by atoms with Crippen molar-refractivity contribution in [1.82, 2.24) is 0 Å². The molecule has 1 aromatic rings. The summed E-state index contributed by atoms with van der Waals surface area (Å²) in [6, 6.07) is 7.90. The lowest BCUT2D eigenvalue weighted by atomic mass is 9.90. The van der Waals surface area contributed by atoms with Gasteiger partial charge in [0.2, 0.25) is 0 Å². The maximum absolute atomic E-state index is 8.88. The molecule has 0 aliphatic heterocycles. The number of hydrogen-bond acceptors (Lipinski definition) is 2. The van der Waals surface area contributed by atoms with E-state index < -0.39 is 0 Å². The first kappa shape index (κ1) is 13.9. The molecule has 0 N–H and O–H groups in total. The van der Waals surface area contributed by atoms with Gasteiger partial charge in [0, 0.05) is 5.02 Å². The van der Waals surface area contributed by atoms with Crippen LogP contribution in [0.1, 0.15) is 32.3 Å². The molecule has 1 aromatic carbocycles. The number of benzene rings is 1. The van der Waals surface area contributed by atoms with E-state index in [0.717, 1.165) is 24.2 Å². The third kappa shape index (κ3) is 4.66. The predicted molar refractivity (Wildman–Crippen MR) is 70.3 cm³/mol. The average Bonchev–Trinajstić information content (AvgIpc) is 2.29. The standard InChI is InChI=1S/C14H18ClNO/c1-11-5-6-12(15)9-13(11)17-8-4-7-14(2,3)10-16/h5-6,9H,4,7-8H2,1-3H3. The van der Waals surface area contributed by atoms with E-state index >= 15 is 0 Å². The van der Waals surface area contributed by atoms with Gasteiger partial charge in [0.15, 0.2) is 0 Å². The summed E-state index contributed by atoms with van der Waals surface area (Å²) in [5.74, 6) is 0.826. The minimum absolute atomic E-state index is 0.271. The average molecular weight is 252 g/mol. The fourth-order valence-electron chi connectivity index (χ4n) is 1.48. The summed E-state index contributed by atoms with van der Waals surface area (Å²) in [6.07, 6.45) is 1.70. The van der Waals surface area contributed by atoms with Crippen LogP contribution in [0.15, 0.2) is 18.2 Å². The van der Waals surface area contributed by atoms with Gasteiger partial charge >= 0.3 is 0 Å². The fourth-order valence-corrected chi connectivity index (χ4v) is 1.64. The molecule has 0 bridgehead atoms. The molecule has 3 heteroatoms. The van der Waals surface area contributed by atoms with Crippen molar-refractivity contribution in [1.29, 1.82) is 5.26 Å². The third-order valence-electron chi connectivity index (χ3n) is 2.66. The number of aryl methyl sites for hydroxylation is 1. The van der Waals surface area contributed by atoms with Crippen LogP contribution in [0.25, 0.3) is 0 Å². The van der Waals surface area contributed by atoms with Crippen LogP contribution >= 0.6 is 11.6 Å². The normalized spacial score (nSPS) is 11.0. The summed E-state index contributed by atoms with van der Waals surface area (Å²) < 4.78 is 5.66. The van der Waals surface area contributed by atoms with E-state index in [1.54, 1.807) is 0 Å². The van der Waals surface area contributed by atoms with Crippen LogP contribution in [-0.4, -0.2) is 6.61 Å². The van der Waals surface area contributed by atoms with Crippen molar-refractivity contribution < 1.29 is 4.74 Å². The second kappa shape index (κ2) is 5.93. The van der Waals surface area contributed by atoms with E-state index in [0.29, 0.717) is 11.6 Å². The molecule has 0 aliphatic rings. The molecule has 0 heterocycles. The number of nitriles is 1. The van der Waals surface area contributed by atoms with Gasteiger partial charge in [0.25, 0.3) is 0 Å². The highest BCUT2D eigenvalue weighted by molar-refractivity contribution is 6.30. The molecule has 0 saturated carbocycles. The minimum Gasteiger partial charge on any atom is -0.493 e. The van der Waals surface area contributed by atoms with Gasteiger partial charge in [0.05, 0.1) is 18.1 Å². The molecule has 0 amide bonds. The summed E-state index contributed by atoms with van der Waals surface area (Å²) in [4.78, 5) is 0. The quantitative estimate of drug-likeness (QED) is 0.729. The topological polar surface area (TPSA) is 33.0 Å². The van der Waals surface area contributed by atoms with Gasteiger partial charge < -0.3 is 4.74 Å². The van der Waals surface area contributed by atoms with Gasteiger partial charge in [-0.15, -0.1) is 0 Å². The second-order valence-corrected chi connectivity index (χ2v) is 5.29. The Hall–Kier alpha value is -1.20. The smallest absolute Gasteiger partial charge is 0.123 e. The van der Waals surface area contributed by atoms with Gasteiger partial charge in [-0.3, -0.25) is 0 Å². The Kier molecular flexibility index (Phi) is 4.84. The number of hydrogen-bond donors (Lipinski definition) is 0. The van der Waals surface area contributed by atoms with E-state index in [1.807, 2.05) is 39.0 Å². The molecular weight excluding hydrogens is 234 g/mol. The van der Waals surface area contributed by atoms with E-state index in [4.69, 9.17) is 21.6 Å². The highest BCUT2D eigenvalue weighted by Gasteiger charge is 2.15. The lowest BCUT2D eigenvalue weighted by molar-refractivity contribution is 0.283. The summed E-state index contributed by atoms with van der Waals surface area (Å²) in [5, 5.41) is 9.57. The zero-order valence-electron chi connectivity index (χ0n) is 10.6. The Morgan fingerprint density at radius 2 is 2.12 bits per heavy atom. The van der Waals surface area contributed by atoms with Crippen LogP contribution in [0.5, 0.6) is 5.75 Å². The molecule has 0 spiro atoms. The number of ether oxygens (including phenoxy) is 1. The summed E-state index contributed by atoms with van der Waals surface area (Å²) in [5.41, 5.74) is 0.807. The highest BCUT2D eigenvalue weighted by atomic mass is 35.5. The molecule has 17 heavy (non-hydrogen) atoms. The molecule has 1 rings (SSSR count). The van der Waals surface area contributed by atoms with Gasteiger partial charge in [-0.25, -0.2) is 0 Å². The molecule has 0 fully saturated rings. The summed E-state index contributed by atoms with van der Waals surface area (Å²) >= 11 is 5.90. The molecule has 0 atom stereocenters. The maximum atomic E-state index is 8.88. The highest BCUT2D eigenvalue weighted by Crippen LogP contribution is 2.24. The van der Waals surface area contributed by atoms with Crippen molar-refractivity contribution in [2.75, 3.05) is 6.61 Å². The molecule has 2 nitrogen and oxygen atoms in total. The SMILES string of the molecule is Cc1ccc(Cl)cc1OCCCC(C)(C)C#N. The zero-order valence-corrected chi connectivity index (χ0v) is 11.3. The van der Waals surface area contributed by atoms with Crippen molar-refractivity contribution in [3.05, 3.63) is 28.8 Å². The van der Waals surface area contributed by atoms with E-state index in [2.05, 4.69) is 6.07 Å². The Bertz CT molecular complexity index is 421. The van der Waals surface area contributed by atoms with Crippen molar-refractivity contribution in [3.63, 3.8) is 0 Å². The summed E-state index contributed by atoms with van der Waals surface area (Å²) in [6.45, 7) is 6.49. The van der Waals surface area contributed by atoms with Crippen LogP contribution in [0, 0.1) is 23.7 Å². The Labute approximate surface area is 108 Å². The van der Waals surface area contributed by atoms with Crippen molar-refractivity contribution in [3.8, 4) is 11.8 Å². The Balaban J connectivity index is 2.42. The van der Waals surface area contributed by atoms with Crippen LogP contribution < -0.4 is 4.74 Å². The molecular formula is C14H18ClNO. The van der Waals surface area contributed by atoms with Crippen molar-refractivity contribution in [2.24, 2.45) is 5.41 Å². The monoisotopic (exact) mass is 251 g/mol. The summed E-state index contributed by atoms with van der Waals surface area (Å²) in [7, 11) is 0. The number of nitrogens with zero attached hydrogens (tertiary/aromatic N) is 1. The third-order valence-corrected chi connectivity index (χ3v) is 2.89. The van der Waals surface area contributed by atoms with Gasteiger partial charge in [-0.2, -0.15) is 5.26 Å². The first-order chi connectivity index (χ1) is 7.94. The van der Waals surface area contributed by atoms with Crippen LogP contribution in [-0.2, 0) is 0 Å². The molecule has 0 aromatic heterocycles. The molecule has 0 aliphatic carbocycles. The lowest BCUT2D eigenvalue weighted by Gasteiger charge is -2.15. The first-order valence-electron chi connectivity index (χ1n) is 5.75. The number of rotatable bonds is 5. The molecule has 0 unspecified atom stereocenters. The molecule has 92 valence electrons. The van der Waals surface area contributed by atoms with Crippen molar-refractivity contribution in [2.45, 2.75) is 33.6 Å². The van der Waals surface area contributed by atoms with Crippen LogP contribution in [0.2, 0.25) is 5.02 Å². The first-order valence-corrected chi connectivity index (χ1v) is 6.12.